The Morgan fingerprint density at radius 1 is 0.565 bits per heavy atom. The zero-order valence-electron chi connectivity index (χ0n) is 11.0. The van der Waals surface area contributed by atoms with Gasteiger partial charge in [0.15, 0.2) is 0 Å². The molecule has 0 saturated carbocycles. The van der Waals surface area contributed by atoms with Gasteiger partial charge >= 0.3 is 79.9 Å². The molecule has 0 aromatic heterocycles. The first-order valence-electron chi connectivity index (χ1n) is 3.03. The van der Waals surface area contributed by atoms with E-state index in [1.165, 1.54) is 0 Å². The SMILES string of the molecule is N.O=S(=O)(O)OOS(=O)(=O)O.O=S(=O)([O-])OOS(=O)(=O)[O-].[Na+].[Na+]. The molecule has 0 aliphatic heterocycles. The topological polar surface area (TPSA) is 295 Å². The van der Waals surface area contributed by atoms with E-state index in [4.69, 9.17) is 9.11 Å². The van der Waals surface area contributed by atoms with Crippen LogP contribution in [-0.2, 0) is 58.9 Å². The van der Waals surface area contributed by atoms with E-state index < -0.39 is 41.6 Å². The van der Waals surface area contributed by atoms with Crippen LogP contribution in [-0.4, -0.2) is 51.9 Å². The molecule has 0 fully saturated rings. The Morgan fingerprint density at radius 3 is 0.826 bits per heavy atom. The van der Waals surface area contributed by atoms with Gasteiger partial charge in [-0.25, -0.2) is 16.8 Å². The summed E-state index contributed by atoms with van der Waals surface area (Å²) in [5, 5.41) is 0. The van der Waals surface area contributed by atoms with E-state index in [0.717, 1.165) is 0 Å². The third-order valence-electron chi connectivity index (χ3n) is 0.394. The van der Waals surface area contributed by atoms with Crippen LogP contribution in [0.25, 0.3) is 0 Å². The Labute approximate surface area is 174 Å². The Morgan fingerprint density at radius 2 is 0.739 bits per heavy atom. The minimum Gasteiger partial charge on any atom is -0.724 e. The van der Waals surface area contributed by atoms with E-state index in [0.29, 0.717) is 0 Å². The maximum atomic E-state index is 9.51. The van der Waals surface area contributed by atoms with Gasteiger partial charge in [-0.05, 0) is 0 Å². The molecule has 0 aromatic carbocycles. The molecule has 0 rings (SSSR count). The van der Waals surface area contributed by atoms with Gasteiger partial charge in [0.2, 0.25) is 20.8 Å². The molecule has 17 nitrogen and oxygen atoms in total. The van der Waals surface area contributed by atoms with Crippen LogP contribution in [0.15, 0.2) is 0 Å². The summed E-state index contributed by atoms with van der Waals surface area (Å²) in [6, 6.07) is 0. The normalized spacial score (nSPS) is 11.7. The van der Waals surface area contributed by atoms with Gasteiger partial charge in [0, 0.05) is 0 Å². The fourth-order valence-electron chi connectivity index (χ4n) is 0.138. The fourth-order valence-corrected chi connectivity index (χ4v) is 1.24. The zero-order valence-corrected chi connectivity index (χ0v) is 18.2. The molecule has 23 heavy (non-hydrogen) atoms. The van der Waals surface area contributed by atoms with Crippen molar-refractivity contribution in [1.29, 1.82) is 0 Å². The largest absolute Gasteiger partial charge is 1.00 e. The molecule has 0 unspecified atom stereocenters. The summed E-state index contributed by atoms with van der Waals surface area (Å²) in [4.78, 5) is 0. The second kappa shape index (κ2) is 13.6. The maximum Gasteiger partial charge on any atom is 1.00 e. The van der Waals surface area contributed by atoms with Gasteiger partial charge in [0.25, 0.3) is 0 Å². The Bertz CT molecular complexity index is 566. The minimum absolute atomic E-state index is 0. The van der Waals surface area contributed by atoms with E-state index in [-0.39, 0.29) is 65.3 Å². The molecule has 0 aliphatic rings. The number of rotatable bonds is 6. The summed E-state index contributed by atoms with van der Waals surface area (Å²) in [6.07, 6.45) is 0. The molecular weight excluding hydrogens is 444 g/mol. The van der Waals surface area contributed by atoms with Crippen molar-refractivity contribution in [2.75, 3.05) is 0 Å². The van der Waals surface area contributed by atoms with Gasteiger partial charge in [0.1, 0.15) is 0 Å². The second-order valence-electron chi connectivity index (χ2n) is 1.94. The van der Waals surface area contributed by atoms with Crippen LogP contribution < -0.4 is 65.3 Å². The van der Waals surface area contributed by atoms with Crippen molar-refractivity contribution in [2.24, 2.45) is 0 Å². The molecule has 23 heteroatoms. The first-order chi connectivity index (χ1) is 8.41. The molecule has 0 amide bonds. The maximum absolute atomic E-state index is 9.51. The zero-order chi connectivity index (χ0) is 16.8. The van der Waals surface area contributed by atoms with Gasteiger partial charge in [-0.3, -0.25) is 9.11 Å². The van der Waals surface area contributed by atoms with Crippen molar-refractivity contribution in [3.8, 4) is 0 Å². The molecule has 0 bridgehead atoms. The first kappa shape index (κ1) is 35.5. The quantitative estimate of drug-likeness (QED) is 0.111. The summed E-state index contributed by atoms with van der Waals surface area (Å²) < 4.78 is 120. The Kier molecular flexibility index (Phi) is 21.0. The summed E-state index contributed by atoms with van der Waals surface area (Å²) in [7, 11) is -20.7. The fraction of sp³-hybridized carbons (Fsp3) is 0. The Balaban J connectivity index is -0.0000000831. The molecule has 0 heterocycles. The molecule has 0 radical (unpaired) electrons. The van der Waals surface area contributed by atoms with Gasteiger partial charge in [-0.2, -0.15) is 16.8 Å². The third kappa shape index (κ3) is 45.2. The van der Waals surface area contributed by atoms with Crippen molar-refractivity contribution in [2.45, 2.75) is 0 Å². The molecule has 0 atom stereocenters. The molecule has 0 saturated heterocycles. The predicted octanol–water partition coefficient (Wildman–Crippen LogP) is -9.43. The van der Waals surface area contributed by atoms with Crippen molar-refractivity contribution < 1.29 is 128 Å². The molecule has 5 N–H and O–H groups in total. The summed E-state index contributed by atoms with van der Waals surface area (Å²) in [5.74, 6) is 0. The van der Waals surface area contributed by atoms with Crippen LogP contribution in [0.3, 0.4) is 0 Å². The van der Waals surface area contributed by atoms with E-state index in [1.54, 1.807) is 0 Å². The van der Waals surface area contributed by atoms with E-state index in [9.17, 15) is 42.8 Å². The molecule has 0 spiro atoms. The number of hydrogen-bond acceptors (Lipinski definition) is 15. The second-order valence-corrected chi connectivity index (χ2v) is 5.83. The first-order valence-corrected chi connectivity index (χ1v) is 8.43. The molecule has 132 valence electrons. The van der Waals surface area contributed by atoms with Crippen LogP contribution in [0, 0.1) is 0 Å². The third-order valence-corrected chi connectivity index (χ3v) is 1.52. The van der Waals surface area contributed by atoms with Crippen LogP contribution in [0.1, 0.15) is 0 Å². The van der Waals surface area contributed by atoms with Gasteiger partial charge in [-0.1, -0.05) is 8.67 Å². The average Bonchev–Trinajstić information content (AvgIpc) is 2.09. The van der Waals surface area contributed by atoms with Gasteiger partial charge in [-0.15, -0.1) is 8.67 Å². The van der Waals surface area contributed by atoms with Gasteiger partial charge in [0.05, 0.1) is 0 Å². The van der Waals surface area contributed by atoms with E-state index >= 15 is 0 Å². The summed E-state index contributed by atoms with van der Waals surface area (Å²) in [6.45, 7) is 0. The molecule has 0 aromatic rings. The van der Waals surface area contributed by atoms with Crippen LogP contribution in [0.4, 0.5) is 0 Å². The Hall–Kier alpha value is 1.44. The standard InChI is InChI=1S/H3N.2Na.2H2O8S2/c;;;2*1-9(2,3)7-8-10(4,5)6/h1H3;;;2*(H,1,2,3)(H,4,5,6)/q;2*+1;;/p-2. The summed E-state index contributed by atoms with van der Waals surface area (Å²) >= 11 is 0. The predicted molar refractivity (Wildman–Crippen MR) is 51.9 cm³/mol. The van der Waals surface area contributed by atoms with Crippen molar-refractivity contribution >= 4 is 41.6 Å². The van der Waals surface area contributed by atoms with E-state index in [2.05, 4.69) is 17.3 Å². The number of hydrogen-bond donors (Lipinski definition) is 3. The van der Waals surface area contributed by atoms with Crippen LogP contribution in [0.2, 0.25) is 0 Å². The molecular formula is H5NNa2O16S4. The van der Waals surface area contributed by atoms with Gasteiger partial charge < -0.3 is 15.3 Å². The van der Waals surface area contributed by atoms with Crippen LogP contribution in [0.5, 0.6) is 0 Å². The van der Waals surface area contributed by atoms with Crippen molar-refractivity contribution in [3.05, 3.63) is 0 Å². The summed E-state index contributed by atoms with van der Waals surface area (Å²) in [5.41, 5.74) is 0. The monoisotopic (exact) mass is 449 g/mol. The van der Waals surface area contributed by atoms with E-state index in [1.807, 2.05) is 0 Å². The van der Waals surface area contributed by atoms with Crippen LogP contribution >= 0.6 is 0 Å². The smallest absolute Gasteiger partial charge is 0.724 e. The van der Waals surface area contributed by atoms with Crippen molar-refractivity contribution in [1.82, 2.24) is 6.15 Å². The van der Waals surface area contributed by atoms with Crippen molar-refractivity contribution in [3.63, 3.8) is 0 Å². The molecule has 0 aliphatic carbocycles. The minimum atomic E-state index is -5.31. The average molecular weight is 449 g/mol.